The first kappa shape index (κ1) is 18.1. The van der Waals surface area contributed by atoms with E-state index in [0.29, 0.717) is 0 Å². The molecule has 0 heterocycles. The van der Waals surface area contributed by atoms with Crippen LogP contribution in [0.1, 0.15) is 13.8 Å². The Morgan fingerprint density at radius 3 is 1.84 bits per heavy atom. The van der Waals surface area contributed by atoms with Gasteiger partial charge < -0.3 is 14.2 Å². The lowest BCUT2D eigenvalue weighted by atomic mass is 9.95. The second-order valence-corrected chi connectivity index (χ2v) is 5.66. The van der Waals surface area contributed by atoms with Crippen LogP contribution in [0.25, 0.3) is 0 Å². The van der Waals surface area contributed by atoms with Crippen LogP contribution >= 0.6 is 31.9 Å². The van der Waals surface area contributed by atoms with Crippen molar-refractivity contribution in [2.24, 2.45) is 5.41 Å². The van der Waals surface area contributed by atoms with Gasteiger partial charge >= 0.3 is 17.9 Å². The smallest absolute Gasteiger partial charge is 0.346 e. The molecule has 0 aliphatic heterocycles. The molecule has 0 aromatic rings. The van der Waals surface area contributed by atoms with Gasteiger partial charge in [-0.3, -0.25) is 4.79 Å². The second-order valence-electron chi connectivity index (χ2n) is 4.07. The zero-order valence-electron chi connectivity index (χ0n) is 10.9. The van der Waals surface area contributed by atoms with Crippen molar-refractivity contribution in [1.82, 2.24) is 0 Å². The van der Waals surface area contributed by atoms with Crippen LogP contribution in [0.3, 0.4) is 0 Å². The Morgan fingerprint density at radius 2 is 1.42 bits per heavy atom. The molecule has 0 bridgehead atoms. The van der Waals surface area contributed by atoms with Crippen molar-refractivity contribution in [1.29, 1.82) is 0 Å². The highest BCUT2D eigenvalue weighted by Gasteiger charge is 2.31. The van der Waals surface area contributed by atoms with Crippen molar-refractivity contribution in [3.63, 3.8) is 0 Å². The van der Waals surface area contributed by atoms with E-state index in [4.69, 9.17) is 4.74 Å². The van der Waals surface area contributed by atoms with Crippen LogP contribution in [0.4, 0.5) is 0 Å². The highest BCUT2D eigenvalue weighted by molar-refractivity contribution is 9.14. The maximum atomic E-state index is 11.6. The minimum Gasteiger partial charge on any atom is -0.469 e. The van der Waals surface area contributed by atoms with Gasteiger partial charge in [0.2, 0.25) is 0 Å². The van der Waals surface area contributed by atoms with E-state index in [0.717, 1.165) is 0 Å². The SMILES string of the molecule is COC(=O)/C(Br)=C(\Br)C(=O)OCC(C)(C)C(=O)OC. The van der Waals surface area contributed by atoms with Crippen LogP contribution in [0.15, 0.2) is 8.96 Å². The summed E-state index contributed by atoms with van der Waals surface area (Å²) >= 11 is 5.81. The van der Waals surface area contributed by atoms with Crippen LogP contribution in [-0.4, -0.2) is 38.7 Å². The van der Waals surface area contributed by atoms with Gasteiger partial charge in [0.05, 0.1) is 19.6 Å². The molecule has 0 saturated carbocycles. The lowest BCUT2D eigenvalue weighted by molar-refractivity contribution is -0.157. The molecule has 0 aromatic heterocycles. The minimum absolute atomic E-state index is 0.101. The quantitative estimate of drug-likeness (QED) is 0.397. The molecule has 0 aromatic carbocycles. The fourth-order valence-electron chi connectivity index (χ4n) is 0.913. The minimum atomic E-state index is -0.977. The summed E-state index contributed by atoms with van der Waals surface area (Å²) in [5, 5.41) is 0. The molecule has 0 saturated heterocycles. The molecule has 0 fully saturated rings. The molecule has 108 valence electrons. The fraction of sp³-hybridized carbons (Fsp3) is 0.545. The zero-order valence-corrected chi connectivity index (χ0v) is 14.1. The van der Waals surface area contributed by atoms with Gasteiger partial charge in [0, 0.05) is 0 Å². The van der Waals surface area contributed by atoms with Crippen molar-refractivity contribution >= 4 is 49.8 Å². The Bertz CT molecular complexity index is 413. The largest absolute Gasteiger partial charge is 0.469 e. The Labute approximate surface area is 127 Å². The van der Waals surface area contributed by atoms with Crippen LogP contribution < -0.4 is 0 Å². The number of carbonyl (C=O) groups excluding carboxylic acids is 3. The van der Waals surface area contributed by atoms with Gasteiger partial charge in [-0.05, 0) is 45.7 Å². The van der Waals surface area contributed by atoms with Crippen molar-refractivity contribution in [3.05, 3.63) is 8.96 Å². The van der Waals surface area contributed by atoms with Gasteiger partial charge in [-0.1, -0.05) is 0 Å². The van der Waals surface area contributed by atoms with Crippen LogP contribution in [0.5, 0.6) is 0 Å². The highest BCUT2D eigenvalue weighted by atomic mass is 79.9. The Balaban J connectivity index is 4.73. The van der Waals surface area contributed by atoms with Crippen molar-refractivity contribution in [2.45, 2.75) is 13.8 Å². The molecule has 0 aliphatic rings. The van der Waals surface area contributed by atoms with Gasteiger partial charge in [0.25, 0.3) is 0 Å². The third-order valence-electron chi connectivity index (χ3n) is 2.04. The maximum Gasteiger partial charge on any atom is 0.346 e. The van der Waals surface area contributed by atoms with E-state index in [1.165, 1.54) is 14.2 Å². The standard InChI is InChI=1S/C11H14Br2O6/c1-11(2,10(16)18-4)5-19-9(15)7(13)6(12)8(14)17-3/h5H2,1-4H3/b7-6+. The third kappa shape index (κ3) is 5.32. The number of esters is 3. The van der Waals surface area contributed by atoms with Crippen LogP contribution in [0.2, 0.25) is 0 Å². The first-order chi connectivity index (χ1) is 8.67. The predicted molar refractivity (Wildman–Crippen MR) is 73.7 cm³/mol. The summed E-state index contributed by atoms with van der Waals surface area (Å²) < 4.78 is 13.7. The summed E-state index contributed by atoms with van der Waals surface area (Å²) in [7, 11) is 2.42. The third-order valence-corrected chi connectivity index (χ3v) is 4.01. The van der Waals surface area contributed by atoms with E-state index in [2.05, 4.69) is 41.3 Å². The number of ether oxygens (including phenoxy) is 3. The monoisotopic (exact) mass is 400 g/mol. The number of hydrogen-bond acceptors (Lipinski definition) is 6. The van der Waals surface area contributed by atoms with E-state index < -0.39 is 23.3 Å². The van der Waals surface area contributed by atoms with E-state index in [1.807, 2.05) is 0 Å². The molecule has 0 radical (unpaired) electrons. The molecule has 0 N–H and O–H groups in total. The molecule has 19 heavy (non-hydrogen) atoms. The lowest BCUT2D eigenvalue weighted by Gasteiger charge is -2.20. The number of halogens is 2. The number of hydrogen-bond donors (Lipinski definition) is 0. The fourth-order valence-corrected chi connectivity index (χ4v) is 1.51. The second kappa shape index (κ2) is 7.64. The zero-order chi connectivity index (χ0) is 15.2. The summed E-state index contributed by atoms with van der Waals surface area (Å²) in [5.41, 5.74) is -0.977. The summed E-state index contributed by atoms with van der Waals surface area (Å²) in [6.45, 7) is 2.95. The van der Waals surface area contributed by atoms with Crippen LogP contribution in [-0.2, 0) is 28.6 Å². The Morgan fingerprint density at radius 1 is 0.947 bits per heavy atom. The number of carbonyl (C=O) groups is 3. The maximum absolute atomic E-state index is 11.6. The lowest BCUT2D eigenvalue weighted by Crippen LogP contribution is -2.32. The van der Waals surface area contributed by atoms with Crippen molar-refractivity contribution < 1.29 is 28.6 Å². The van der Waals surface area contributed by atoms with E-state index in [9.17, 15) is 14.4 Å². The van der Waals surface area contributed by atoms with Gasteiger partial charge in [-0.25, -0.2) is 9.59 Å². The molecule has 0 atom stereocenters. The summed E-state index contributed by atoms with van der Waals surface area (Å²) in [5.74, 6) is -2.03. The molecule has 0 amide bonds. The molecule has 0 rings (SSSR count). The van der Waals surface area contributed by atoms with Gasteiger partial charge in [-0.2, -0.15) is 0 Å². The topological polar surface area (TPSA) is 78.9 Å². The van der Waals surface area contributed by atoms with Gasteiger partial charge in [-0.15, -0.1) is 0 Å². The normalized spacial score (nSPS) is 12.3. The molecule has 0 unspecified atom stereocenters. The summed E-state index contributed by atoms with van der Waals surface area (Å²) in [6.07, 6.45) is 0. The Kier molecular flexibility index (Phi) is 7.28. The molecule has 0 spiro atoms. The van der Waals surface area contributed by atoms with E-state index >= 15 is 0 Å². The van der Waals surface area contributed by atoms with Gasteiger partial charge in [0.15, 0.2) is 0 Å². The number of rotatable bonds is 5. The highest BCUT2D eigenvalue weighted by Crippen LogP contribution is 2.23. The van der Waals surface area contributed by atoms with Gasteiger partial charge in [0.1, 0.15) is 15.6 Å². The molecular weight excluding hydrogens is 388 g/mol. The first-order valence-corrected chi connectivity index (χ1v) is 6.65. The predicted octanol–water partition coefficient (Wildman–Crippen LogP) is 1.90. The summed E-state index contributed by atoms with van der Waals surface area (Å²) in [6, 6.07) is 0. The molecule has 8 heteroatoms. The number of methoxy groups -OCH3 is 2. The average Bonchev–Trinajstić information content (AvgIpc) is 2.40. The summed E-state index contributed by atoms with van der Waals surface area (Å²) in [4.78, 5) is 34.2. The molecule has 0 aliphatic carbocycles. The first-order valence-electron chi connectivity index (χ1n) is 5.06. The van der Waals surface area contributed by atoms with Crippen molar-refractivity contribution in [3.8, 4) is 0 Å². The Hall–Kier alpha value is -0.890. The van der Waals surface area contributed by atoms with E-state index in [-0.39, 0.29) is 15.6 Å². The molecule has 6 nitrogen and oxygen atoms in total. The molecular formula is C11H14Br2O6. The van der Waals surface area contributed by atoms with Crippen molar-refractivity contribution in [2.75, 3.05) is 20.8 Å². The van der Waals surface area contributed by atoms with Crippen LogP contribution in [0, 0.1) is 5.41 Å². The van der Waals surface area contributed by atoms with E-state index in [1.54, 1.807) is 13.8 Å². The average molecular weight is 402 g/mol.